The first-order valence-electron chi connectivity index (χ1n) is 24.4. The van der Waals surface area contributed by atoms with Crippen LogP contribution in [0.15, 0.2) is 97.1 Å². The lowest BCUT2D eigenvalue weighted by Gasteiger charge is -2.40. The zero-order chi connectivity index (χ0) is 48.1. The fourth-order valence-corrected chi connectivity index (χ4v) is 10.3. The Balaban J connectivity index is 0.639. The molecule has 2 saturated heterocycles. The van der Waals surface area contributed by atoms with Crippen LogP contribution in [0, 0.1) is 10.1 Å². The molecule has 0 radical (unpaired) electrons. The molecule has 3 fully saturated rings. The fraction of sp³-hybridized carbons (Fsp3) is 0.426. The summed E-state index contributed by atoms with van der Waals surface area (Å²) in [6.45, 7) is 6.05. The molecule has 0 aromatic heterocycles. The Hall–Kier alpha value is -6.71. The Labute approximate surface area is 401 Å². The summed E-state index contributed by atoms with van der Waals surface area (Å²) in [6.07, 6.45) is 13.8. The van der Waals surface area contributed by atoms with Crippen LogP contribution < -0.4 is 19.7 Å². The molecule has 9 rings (SSSR count). The standard InChI is InChI=1S/C54H59N5O10/c1-54(27-7-2-4-10-36-13-17-38(18-14-36)59(65)66)46-11-5-6-12-47(46)57(53(54)64)35-37-15-19-39(20-16-37)68-42-32-43(33-42)69-40-25-29-56(30-26-40)28-8-3-9-31-67-41-21-22-44-45(34-41)52(63)58(51(44)62)48-23-24-49(60)55-50(48)61/h4-6,10-22,34,40,42-43,48H,2-3,7-9,23-33,35H2,1H3,(H,55,60,61)/b10-4+. The minimum atomic E-state index is -0.993. The van der Waals surface area contributed by atoms with Gasteiger partial charge in [0.05, 0.1) is 46.8 Å². The zero-order valence-corrected chi connectivity index (χ0v) is 39.0. The number of nitro groups is 1. The molecule has 15 nitrogen and oxygen atoms in total. The third-order valence-electron chi connectivity index (χ3n) is 14.3. The Bertz CT molecular complexity index is 2600. The number of carbonyl (C=O) groups excluding carboxylic acids is 5. The third kappa shape index (κ3) is 10.6. The van der Waals surface area contributed by atoms with Crippen molar-refractivity contribution in [2.75, 3.05) is 31.1 Å². The average molecular weight is 938 g/mol. The number of hydrogen-bond acceptors (Lipinski definition) is 11. The number of non-ortho nitro benzene ring substituents is 1. The van der Waals surface area contributed by atoms with Gasteiger partial charge in [0.25, 0.3) is 17.5 Å². The van der Waals surface area contributed by atoms with E-state index in [-0.39, 0.29) is 53.9 Å². The number of anilines is 1. The number of allylic oxidation sites excluding steroid dienone is 1. The number of likely N-dealkylation sites (tertiary alicyclic amines) is 1. The molecule has 2 atom stereocenters. The molecule has 1 saturated carbocycles. The van der Waals surface area contributed by atoms with Crippen LogP contribution in [0.5, 0.6) is 11.5 Å². The Morgan fingerprint density at radius 2 is 1.54 bits per heavy atom. The van der Waals surface area contributed by atoms with Crippen molar-refractivity contribution in [3.8, 4) is 11.5 Å². The smallest absolute Gasteiger partial charge is 0.269 e. The number of benzene rings is 4. The number of hydrogen-bond donors (Lipinski definition) is 1. The van der Waals surface area contributed by atoms with Gasteiger partial charge < -0.3 is 24.0 Å². The molecule has 15 heteroatoms. The van der Waals surface area contributed by atoms with E-state index in [4.69, 9.17) is 14.2 Å². The number of nitrogens with zero attached hydrogens (tertiary/aromatic N) is 4. The van der Waals surface area contributed by atoms with E-state index in [0.29, 0.717) is 25.3 Å². The molecule has 360 valence electrons. The zero-order valence-electron chi connectivity index (χ0n) is 39.0. The van der Waals surface area contributed by atoms with Crippen molar-refractivity contribution in [1.82, 2.24) is 15.1 Å². The summed E-state index contributed by atoms with van der Waals surface area (Å²) < 4.78 is 18.7. The van der Waals surface area contributed by atoms with Gasteiger partial charge in [-0.15, -0.1) is 0 Å². The number of nitro benzene ring substituents is 1. The number of nitrogens with one attached hydrogen (secondary N) is 1. The summed E-state index contributed by atoms with van der Waals surface area (Å²) in [7, 11) is 0. The number of ether oxygens (including phenoxy) is 3. The van der Waals surface area contributed by atoms with Gasteiger partial charge in [0, 0.05) is 50.2 Å². The van der Waals surface area contributed by atoms with Crippen LogP contribution in [-0.4, -0.2) is 94.9 Å². The molecule has 4 aliphatic heterocycles. The van der Waals surface area contributed by atoms with Crippen molar-refractivity contribution in [3.05, 3.63) is 135 Å². The molecule has 2 unspecified atom stereocenters. The van der Waals surface area contributed by atoms with Crippen molar-refractivity contribution in [2.24, 2.45) is 0 Å². The number of imide groups is 2. The first kappa shape index (κ1) is 47.4. The number of rotatable bonds is 20. The number of para-hydroxylation sites is 1. The lowest BCUT2D eigenvalue weighted by Crippen LogP contribution is -2.54. The maximum atomic E-state index is 14.1. The summed E-state index contributed by atoms with van der Waals surface area (Å²) in [6, 6.07) is 26.5. The van der Waals surface area contributed by atoms with Gasteiger partial charge in [-0.25, -0.2) is 0 Å². The van der Waals surface area contributed by atoms with Crippen molar-refractivity contribution >= 4 is 47.0 Å². The first-order chi connectivity index (χ1) is 33.4. The van der Waals surface area contributed by atoms with Gasteiger partial charge in [-0.2, -0.15) is 0 Å². The maximum Gasteiger partial charge on any atom is 0.269 e. The lowest BCUT2D eigenvalue weighted by molar-refractivity contribution is -0.384. The van der Waals surface area contributed by atoms with Gasteiger partial charge in [-0.05, 0) is 136 Å². The fourth-order valence-electron chi connectivity index (χ4n) is 10.3. The molecule has 4 aromatic carbocycles. The van der Waals surface area contributed by atoms with E-state index in [1.54, 1.807) is 30.3 Å². The van der Waals surface area contributed by atoms with Crippen LogP contribution in [-0.2, 0) is 31.1 Å². The van der Waals surface area contributed by atoms with Gasteiger partial charge in [-0.1, -0.05) is 42.5 Å². The minimum absolute atomic E-state index is 0.0708. The predicted molar refractivity (Wildman–Crippen MR) is 258 cm³/mol. The quantitative estimate of drug-likeness (QED) is 0.0390. The number of carbonyl (C=O) groups is 5. The van der Waals surface area contributed by atoms with Gasteiger partial charge >= 0.3 is 0 Å². The summed E-state index contributed by atoms with van der Waals surface area (Å²) in [5, 5.41) is 13.2. The van der Waals surface area contributed by atoms with Crippen LogP contribution in [0.3, 0.4) is 0 Å². The van der Waals surface area contributed by atoms with E-state index < -0.39 is 40.0 Å². The van der Waals surface area contributed by atoms with E-state index in [1.807, 2.05) is 60.4 Å². The molecule has 1 N–H and O–H groups in total. The average Bonchev–Trinajstić information content (AvgIpc) is 3.70. The Morgan fingerprint density at radius 1 is 0.797 bits per heavy atom. The normalized spacial score (nSPS) is 22.7. The van der Waals surface area contributed by atoms with Crippen molar-refractivity contribution in [2.45, 2.75) is 120 Å². The first-order valence-corrected chi connectivity index (χ1v) is 24.4. The highest BCUT2D eigenvalue weighted by Crippen LogP contribution is 2.45. The third-order valence-corrected chi connectivity index (χ3v) is 14.3. The molecule has 69 heavy (non-hydrogen) atoms. The summed E-state index contributed by atoms with van der Waals surface area (Å²) in [4.78, 5) is 80.0. The van der Waals surface area contributed by atoms with Crippen molar-refractivity contribution in [1.29, 1.82) is 0 Å². The molecule has 0 bridgehead atoms. The highest BCUT2D eigenvalue weighted by molar-refractivity contribution is 6.23. The topological polar surface area (TPSA) is 178 Å². The second-order valence-electron chi connectivity index (χ2n) is 19.1. The molecule has 5 aliphatic rings. The van der Waals surface area contributed by atoms with E-state index >= 15 is 0 Å². The molecule has 4 heterocycles. The van der Waals surface area contributed by atoms with Crippen LogP contribution in [0.2, 0.25) is 0 Å². The Morgan fingerprint density at radius 3 is 2.29 bits per heavy atom. The van der Waals surface area contributed by atoms with Gasteiger partial charge in [0.1, 0.15) is 23.6 Å². The Kier molecular flexibility index (Phi) is 14.3. The number of fused-ring (bicyclic) bond motifs is 2. The van der Waals surface area contributed by atoms with Crippen LogP contribution in [0.25, 0.3) is 6.08 Å². The molecule has 1 aliphatic carbocycles. The van der Waals surface area contributed by atoms with E-state index in [9.17, 15) is 34.1 Å². The number of unbranched alkanes of at least 4 members (excludes halogenated alkanes) is 3. The monoisotopic (exact) mass is 937 g/mol. The minimum Gasteiger partial charge on any atom is -0.494 e. The largest absolute Gasteiger partial charge is 0.494 e. The molecular weight excluding hydrogens is 879 g/mol. The van der Waals surface area contributed by atoms with Gasteiger partial charge in [-0.3, -0.25) is 44.3 Å². The van der Waals surface area contributed by atoms with Gasteiger partial charge in [0.15, 0.2) is 0 Å². The lowest BCUT2D eigenvalue weighted by atomic mass is 9.79. The second-order valence-corrected chi connectivity index (χ2v) is 19.1. The number of piperidine rings is 2. The van der Waals surface area contributed by atoms with E-state index in [2.05, 4.69) is 22.4 Å². The van der Waals surface area contributed by atoms with E-state index in [0.717, 1.165) is 110 Å². The van der Waals surface area contributed by atoms with Crippen LogP contribution in [0.4, 0.5) is 11.4 Å². The maximum absolute atomic E-state index is 14.1. The highest BCUT2D eigenvalue weighted by atomic mass is 16.6. The molecule has 0 spiro atoms. The SMILES string of the molecule is CC1(CCC/C=C/c2ccc([N+](=O)[O-])cc2)C(=O)N(Cc2ccc(OC3CC(OC4CCN(CCCCCOc5ccc6c(c5)C(=O)N(C5CCC(=O)NC5=O)C6=O)CC4)C3)cc2)c2ccccc21. The second kappa shape index (κ2) is 20.9. The van der Waals surface area contributed by atoms with Crippen LogP contribution in [0.1, 0.15) is 121 Å². The molecule has 4 aromatic rings. The van der Waals surface area contributed by atoms with E-state index in [1.165, 1.54) is 12.1 Å². The molecule has 5 amide bonds. The predicted octanol–water partition coefficient (Wildman–Crippen LogP) is 8.32. The summed E-state index contributed by atoms with van der Waals surface area (Å²) in [5.74, 6) is -0.677. The summed E-state index contributed by atoms with van der Waals surface area (Å²) in [5.41, 5.74) is 3.84. The van der Waals surface area contributed by atoms with Crippen LogP contribution >= 0.6 is 0 Å². The molecular formula is C54H59N5O10. The van der Waals surface area contributed by atoms with Crippen molar-refractivity contribution in [3.63, 3.8) is 0 Å². The van der Waals surface area contributed by atoms with Crippen molar-refractivity contribution < 1.29 is 43.1 Å². The van der Waals surface area contributed by atoms with Gasteiger partial charge in [0.2, 0.25) is 17.7 Å². The highest BCUT2D eigenvalue weighted by Gasteiger charge is 2.47. The number of amides is 5. The summed E-state index contributed by atoms with van der Waals surface area (Å²) >= 11 is 0.